The summed E-state index contributed by atoms with van der Waals surface area (Å²) < 4.78 is 24.5. The molecule has 0 bridgehead atoms. The maximum Gasteiger partial charge on any atom is 0.329 e. The van der Waals surface area contributed by atoms with Crippen LogP contribution in [0, 0.1) is 6.92 Å². The minimum Gasteiger partial charge on any atom is -0.288 e. The van der Waals surface area contributed by atoms with E-state index in [9.17, 15) is 13.2 Å². The molecule has 2 saturated heterocycles. The number of nitrogens with zero attached hydrogens (tertiary/aromatic N) is 2. The van der Waals surface area contributed by atoms with E-state index in [1.54, 1.807) is 34.1 Å². The van der Waals surface area contributed by atoms with Gasteiger partial charge in [0.2, 0.25) is 0 Å². The molecule has 2 aliphatic rings. The average Bonchev–Trinajstić information content (AvgIpc) is 2.97. The van der Waals surface area contributed by atoms with Crippen LogP contribution in [0.5, 0.6) is 0 Å². The fraction of sp³-hybridized carbons (Fsp3) is 0.278. The monoisotopic (exact) mass is 376 g/mol. The van der Waals surface area contributed by atoms with Crippen LogP contribution in [0.4, 0.5) is 16.2 Å². The van der Waals surface area contributed by atoms with Gasteiger partial charge >= 0.3 is 6.03 Å². The third kappa shape index (κ3) is 2.69. The molecule has 2 aromatic rings. The van der Waals surface area contributed by atoms with Gasteiger partial charge in [-0.2, -0.15) is 0 Å². The maximum atomic E-state index is 13.2. The molecule has 2 amide bonds. The van der Waals surface area contributed by atoms with E-state index in [1.807, 2.05) is 31.2 Å². The van der Waals surface area contributed by atoms with E-state index in [4.69, 9.17) is 11.6 Å². The van der Waals surface area contributed by atoms with E-state index in [2.05, 4.69) is 0 Å². The molecule has 0 N–H and O–H groups in total. The van der Waals surface area contributed by atoms with Crippen LogP contribution in [0.25, 0.3) is 0 Å². The number of amides is 2. The van der Waals surface area contributed by atoms with Gasteiger partial charge in [0.1, 0.15) is 0 Å². The number of hydrogen-bond donors (Lipinski definition) is 0. The molecule has 0 aromatic heterocycles. The summed E-state index contributed by atoms with van der Waals surface area (Å²) in [6.45, 7) is 1.92. The summed E-state index contributed by atoms with van der Waals surface area (Å²) >= 11 is 6.08. The van der Waals surface area contributed by atoms with Gasteiger partial charge in [0.05, 0.1) is 23.6 Å². The Morgan fingerprint density at radius 1 is 1.00 bits per heavy atom. The lowest BCUT2D eigenvalue weighted by atomic mass is 10.1. The van der Waals surface area contributed by atoms with E-state index in [-0.39, 0.29) is 17.5 Å². The summed E-state index contributed by atoms with van der Waals surface area (Å²) in [5.41, 5.74) is 2.32. The van der Waals surface area contributed by atoms with Crippen molar-refractivity contribution in [3.05, 3.63) is 59.1 Å². The fourth-order valence-corrected chi connectivity index (χ4v) is 5.85. The van der Waals surface area contributed by atoms with Gasteiger partial charge in [0.25, 0.3) is 0 Å². The van der Waals surface area contributed by atoms with Crippen molar-refractivity contribution >= 4 is 38.8 Å². The highest BCUT2D eigenvalue weighted by molar-refractivity contribution is 7.91. The standard InChI is InChI=1S/C18H17ClN2O3S/c1-12-5-2-3-8-15(12)21-17-11-25(23,24)10-16(17)20(18(21)22)14-7-4-6-13(19)9-14/h2-9,16-17H,10-11H2,1H3/t16-,17+/m1/s1. The van der Waals surface area contributed by atoms with Gasteiger partial charge in [0.15, 0.2) is 9.84 Å². The van der Waals surface area contributed by atoms with Gasteiger partial charge < -0.3 is 0 Å². The SMILES string of the molecule is Cc1ccccc1N1C(=O)N(c2cccc(Cl)c2)[C@@H]2CS(=O)(=O)C[C@@H]21. The molecule has 5 nitrogen and oxygen atoms in total. The van der Waals surface area contributed by atoms with Crippen LogP contribution in [0.15, 0.2) is 48.5 Å². The Morgan fingerprint density at radius 3 is 2.36 bits per heavy atom. The number of halogens is 1. The first-order valence-electron chi connectivity index (χ1n) is 8.01. The second-order valence-electron chi connectivity index (χ2n) is 6.50. The van der Waals surface area contributed by atoms with E-state index in [0.717, 1.165) is 11.3 Å². The first kappa shape index (κ1) is 16.4. The summed E-state index contributed by atoms with van der Waals surface area (Å²) in [4.78, 5) is 16.4. The van der Waals surface area contributed by atoms with Crippen molar-refractivity contribution in [2.24, 2.45) is 0 Å². The highest BCUT2D eigenvalue weighted by Gasteiger charge is 2.54. The van der Waals surface area contributed by atoms with Crippen LogP contribution < -0.4 is 9.80 Å². The van der Waals surface area contributed by atoms with Gasteiger partial charge in [-0.25, -0.2) is 13.2 Å². The fourth-order valence-electron chi connectivity index (χ4n) is 3.75. The molecule has 0 saturated carbocycles. The molecule has 25 heavy (non-hydrogen) atoms. The minimum atomic E-state index is -3.20. The highest BCUT2D eigenvalue weighted by Crippen LogP contribution is 2.39. The van der Waals surface area contributed by atoms with E-state index < -0.39 is 21.9 Å². The molecule has 2 heterocycles. The summed E-state index contributed by atoms with van der Waals surface area (Å²) in [6.07, 6.45) is 0. The van der Waals surface area contributed by atoms with Crippen LogP contribution in [-0.2, 0) is 9.84 Å². The summed E-state index contributed by atoms with van der Waals surface area (Å²) in [5.74, 6) is -0.0485. The lowest BCUT2D eigenvalue weighted by Gasteiger charge is -2.24. The third-order valence-electron chi connectivity index (χ3n) is 4.83. The number of aryl methyl sites for hydroxylation is 1. The summed E-state index contributed by atoms with van der Waals surface area (Å²) in [6, 6.07) is 13.5. The second kappa shape index (κ2) is 5.75. The van der Waals surface area contributed by atoms with E-state index in [1.165, 1.54) is 0 Å². The molecular weight excluding hydrogens is 360 g/mol. The highest BCUT2D eigenvalue weighted by atomic mass is 35.5. The van der Waals surface area contributed by atoms with Crippen molar-refractivity contribution in [3.63, 3.8) is 0 Å². The van der Waals surface area contributed by atoms with Crippen molar-refractivity contribution in [1.82, 2.24) is 0 Å². The van der Waals surface area contributed by atoms with Crippen molar-refractivity contribution in [3.8, 4) is 0 Å². The summed E-state index contributed by atoms with van der Waals surface area (Å²) in [5, 5.41) is 0.511. The zero-order valence-corrected chi connectivity index (χ0v) is 15.2. The third-order valence-corrected chi connectivity index (χ3v) is 6.76. The van der Waals surface area contributed by atoms with Gasteiger partial charge in [-0.1, -0.05) is 35.9 Å². The normalized spacial score (nSPS) is 24.6. The molecule has 0 radical (unpaired) electrons. The number of sulfone groups is 1. The maximum absolute atomic E-state index is 13.2. The van der Waals surface area contributed by atoms with E-state index >= 15 is 0 Å². The Bertz CT molecular complexity index is 960. The number of hydrogen-bond acceptors (Lipinski definition) is 3. The van der Waals surface area contributed by atoms with Crippen LogP contribution >= 0.6 is 11.6 Å². The first-order valence-corrected chi connectivity index (χ1v) is 10.2. The second-order valence-corrected chi connectivity index (χ2v) is 9.09. The number of carbonyl (C=O) groups excluding carboxylic acids is 1. The van der Waals surface area contributed by atoms with E-state index in [0.29, 0.717) is 10.7 Å². The molecule has 7 heteroatoms. The number of carbonyl (C=O) groups is 1. The average molecular weight is 377 g/mol. The Balaban J connectivity index is 1.84. The number of fused-ring (bicyclic) bond motifs is 1. The Hall–Kier alpha value is -2.05. The van der Waals surface area contributed by atoms with Gasteiger partial charge in [-0.15, -0.1) is 0 Å². The lowest BCUT2D eigenvalue weighted by molar-refractivity contribution is 0.255. The van der Waals surface area contributed by atoms with Crippen LogP contribution in [-0.4, -0.2) is 38.0 Å². The number of benzene rings is 2. The first-order chi connectivity index (χ1) is 11.9. The quantitative estimate of drug-likeness (QED) is 0.756. The zero-order chi connectivity index (χ0) is 17.8. The van der Waals surface area contributed by atoms with Crippen LogP contribution in [0.2, 0.25) is 5.02 Å². The molecule has 130 valence electrons. The molecule has 2 aromatic carbocycles. The lowest BCUT2D eigenvalue weighted by Crippen LogP contribution is -2.38. The number of anilines is 2. The molecule has 2 atom stereocenters. The molecular formula is C18H17ClN2O3S. The van der Waals surface area contributed by atoms with Gasteiger partial charge in [0, 0.05) is 16.4 Å². The molecule has 0 spiro atoms. The Kier molecular flexibility index (Phi) is 3.77. The Morgan fingerprint density at radius 2 is 1.68 bits per heavy atom. The zero-order valence-electron chi connectivity index (χ0n) is 13.6. The molecule has 2 aliphatic heterocycles. The Labute approximate surface area is 151 Å². The predicted molar refractivity (Wildman–Crippen MR) is 99.2 cm³/mol. The molecule has 0 aliphatic carbocycles. The van der Waals surface area contributed by atoms with Crippen molar-refractivity contribution < 1.29 is 13.2 Å². The minimum absolute atomic E-state index is 0.0190. The molecule has 4 rings (SSSR count). The predicted octanol–water partition coefficient (Wildman–Crippen LogP) is 3.26. The van der Waals surface area contributed by atoms with Gasteiger partial charge in [-0.05, 0) is 36.8 Å². The van der Waals surface area contributed by atoms with Crippen molar-refractivity contribution in [1.29, 1.82) is 0 Å². The molecule has 0 unspecified atom stereocenters. The number of para-hydroxylation sites is 1. The van der Waals surface area contributed by atoms with Crippen LogP contribution in [0.3, 0.4) is 0 Å². The number of urea groups is 1. The summed E-state index contributed by atoms with van der Waals surface area (Å²) in [7, 11) is -3.20. The van der Waals surface area contributed by atoms with Crippen molar-refractivity contribution in [2.45, 2.75) is 19.0 Å². The largest absolute Gasteiger partial charge is 0.329 e. The topological polar surface area (TPSA) is 57.7 Å². The van der Waals surface area contributed by atoms with Crippen molar-refractivity contribution in [2.75, 3.05) is 21.3 Å². The smallest absolute Gasteiger partial charge is 0.288 e. The van der Waals surface area contributed by atoms with Crippen LogP contribution in [0.1, 0.15) is 5.56 Å². The molecule has 2 fully saturated rings. The number of rotatable bonds is 2. The van der Waals surface area contributed by atoms with Gasteiger partial charge in [-0.3, -0.25) is 9.80 Å².